The molecule has 5 nitrogen and oxygen atoms in total. The van der Waals surface area contributed by atoms with Crippen molar-refractivity contribution in [1.29, 1.82) is 0 Å². The Kier molecular flexibility index (Phi) is 5.74. The van der Waals surface area contributed by atoms with Gasteiger partial charge in [0.2, 0.25) is 0 Å². The second-order valence-corrected chi connectivity index (χ2v) is 5.03. The molecule has 2 aromatic rings. The molecule has 0 heterocycles. The van der Waals surface area contributed by atoms with E-state index in [1.54, 1.807) is 31.2 Å². The molecule has 5 heteroatoms. The van der Waals surface area contributed by atoms with Crippen LogP contribution in [0.4, 0.5) is 10.5 Å². The number of esters is 1. The number of carbonyl (C=O) groups excluding carboxylic acids is 2. The van der Waals surface area contributed by atoms with Gasteiger partial charge >= 0.3 is 12.0 Å². The summed E-state index contributed by atoms with van der Waals surface area (Å²) in [5, 5.41) is 5.60. The van der Waals surface area contributed by atoms with Gasteiger partial charge in [-0.05, 0) is 43.7 Å². The summed E-state index contributed by atoms with van der Waals surface area (Å²) in [6.45, 7) is 4.00. The summed E-state index contributed by atoms with van der Waals surface area (Å²) < 4.78 is 4.91. The topological polar surface area (TPSA) is 67.4 Å². The highest BCUT2D eigenvalue weighted by atomic mass is 16.5. The number of hydrogen-bond acceptors (Lipinski definition) is 3. The van der Waals surface area contributed by atoms with Crippen LogP contribution in [0.25, 0.3) is 0 Å². The minimum absolute atomic E-state index is 0.102. The summed E-state index contributed by atoms with van der Waals surface area (Å²) in [7, 11) is 0. The average molecular weight is 312 g/mol. The molecular formula is C18H20N2O3. The molecule has 2 aromatic carbocycles. The second-order valence-electron chi connectivity index (χ2n) is 5.03. The van der Waals surface area contributed by atoms with Crippen LogP contribution < -0.4 is 10.6 Å². The molecule has 0 aliphatic heterocycles. The van der Waals surface area contributed by atoms with E-state index in [1.165, 1.54) is 0 Å². The lowest BCUT2D eigenvalue weighted by atomic mass is 10.1. The van der Waals surface area contributed by atoms with E-state index in [2.05, 4.69) is 10.6 Å². The first-order valence-electron chi connectivity index (χ1n) is 7.49. The highest BCUT2D eigenvalue weighted by molar-refractivity contribution is 5.92. The van der Waals surface area contributed by atoms with Gasteiger partial charge in [0.15, 0.2) is 0 Å². The van der Waals surface area contributed by atoms with Crippen LogP contribution in [0.3, 0.4) is 0 Å². The van der Waals surface area contributed by atoms with Crippen LogP contribution in [0.5, 0.6) is 0 Å². The molecule has 23 heavy (non-hydrogen) atoms. The lowest BCUT2D eigenvalue weighted by Gasteiger charge is -2.15. The van der Waals surface area contributed by atoms with Gasteiger partial charge in [0.05, 0.1) is 18.2 Å². The molecule has 120 valence electrons. The van der Waals surface area contributed by atoms with E-state index in [0.29, 0.717) is 17.9 Å². The Morgan fingerprint density at radius 3 is 2.30 bits per heavy atom. The average Bonchev–Trinajstić information content (AvgIpc) is 2.56. The van der Waals surface area contributed by atoms with Crippen LogP contribution in [-0.2, 0) is 4.74 Å². The molecule has 2 N–H and O–H groups in total. The molecule has 0 aliphatic carbocycles. The van der Waals surface area contributed by atoms with E-state index in [-0.39, 0.29) is 18.0 Å². The Morgan fingerprint density at radius 2 is 1.70 bits per heavy atom. The number of urea groups is 1. The normalized spacial score (nSPS) is 11.4. The number of ether oxygens (including phenoxy) is 1. The maximum Gasteiger partial charge on any atom is 0.338 e. The molecule has 0 bridgehead atoms. The Balaban J connectivity index is 1.91. The zero-order valence-electron chi connectivity index (χ0n) is 13.2. The molecule has 2 amide bonds. The summed E-state index contributed by atoms with van der Waals surface area (Å²) in [5.74, 6) is -0.374. The number of nitrogens with one attached hydrogen (secondary N) is 2. The molecule has 0 aromatic heterocycles. The molecule has 0 radical (unpaired) electrons. The first kappa shape index (κ1) is 16.5. The maximum absolute atomic E-state index is 12.0. The number of hydrogen-bond donors (Lipinski definition) is 2. The minimum Gasteiger partial charge on any atom is -0.462 e. The molecule has 0 fully saturated rings. The van der Waals surface area contributed by atoms with E-state index in [4.69, 9.17) is 4.74 Å². The van der Waals surface area contributed by atoms with Crippen molar-refractivity contribution >= 4 is 17.7 Å². The van der Waals surface area contributed by atoms with E-state index >= 15 is 0 Å². The summed E-state index contributed by atoms with van der Waals surface area (Å²) >= 11 is 0. The van der Waals surface area contributed by atoms with Crippen LogP contribution in [0.2, 0.25) is 0 Å². The molecule has 0 saturated heterocycles. The van der Waals surface area contributed by atoms with Crippen molar-refractivity contribution < 1.29 is 14.3 Å². The van der Waals surface area contributed by atoms with Crippen molar-refractivity contribution in [3.63, 3.8) is 0 Å². The molecule has 1 atom stereocenters. The van der Waals surface area contributed by atoms with Gasteiger partial charge in [-0.15, -0.1) is 0 Å². The van der Waals surface area contributed by atoms with Crippen molar-refractivity contribution in [2.45, 2.75) is 19.9 Å². The summed E-state index contributed by atoms with van der Waals surface area (Å²) in [6.07, 6.45) is 0. The number of rotatable bonds is 5. The summed E-state index contributed by atoms with van der Waals surface area (Å²) in [4.78, 5) is 23.6. The fraction of sp³-hybridized carbons (Fsp3) is 0.222. The van der Waals surface area contributed by atoms with Crippen molar-refractivity contribution in [3.05, 3.63) is 65.7 Å². The highest BCUT2D eigenvalue weighted by Gasteiger charge is 2.10. The first-order valence-corrected chi connectivity index (χ1v) is 7.49. The standard InChI is InChI=1S/C18H20N2O3/c1-3-23-17(21)15-9-11-16(12-10-15)20-18(22)19-13(2)14-7-5-4-6-8-14/h4-13H,3H2,1-2H3,(H2,19,20,22)/t13-/m1/s1. The highest BCUT2D eigenvalue weighted by Crippen LogP contribution is 2.13. The van der Waals surface area contributed by atoms with E-state index in [9.17, 15) is 9.59 Å². The number of benzene rings is 2. The second kappa shape index (κ2) is 7.98. The van der Waals surface area contributed by atoms with Gasteiger partial charge in [-0.3, -0.25) is 0 Å². The van der Waals surface area contributed by atoms with E-state index in [1.807, 2.05) is 37.3 Å². The van der Waals surface area contributed by atoms with E-state index in [0.717, 1.165) is 5.56 Å². The maximum atomic E-state index is 12.0. The van der Waals surface area contributed by atoms with Crippen LogP contribution in [0, 0.1) is 0 Å². The van der Waals surface area contributed by atoms with Crippen LogP contribution in [0.15, 0.2) is 54.6 Å². The molecule has 2 rings (SSSR count). The quantitative estimate of drug-likeness (QED) is 0.826. The lowest BCUT2D eigenvalue weighted by Crippen LogP contribution is -2.31. The van der Waals surface area contributed by atoms with Crippen LogP contribution in [0.1, 0.15) is 35.8 Å². The third-order valence-corrected chi connectivity index (χ3v) is 3.30. The fourth-order valence-electron chi connectivity index (χ4n) is 2.09. The molecule has 0 saturated carbocycles. The zero-order chi connectivity index (χ0) is 16.7. The Hall–Kier alpha value is -2.82. The predicted molar refractivity (Wildman–Crippen MR) is 89.4 cm³/mol. The fourth-order valence-corrected chi connectivity index (χ4v) is 2.09. The summed E-state index contributed by atoms with van der Waals surface area (Å²) in [6, 6.07) is 15.9. The van der Waals surface area contributed by atoms with Crippen LogP contribution in [-0.4, -0.2) is 18.6 Å². The number of anilines is 1. The first-order chi connectivity index (χ1) is 11.1. The summed E-state index contributed by atoms with van der Waals surface area (Å²) in [5.41, 5.74) is 2.09. The third-order valence-electron chi connectivity index (χ3n) is 3.30. The minimum atomic E-state index is -0.374. The van der Waals surface area contributed by atoms with Gasteiger partial charge < -0.3 is 15.4 Å². The number of carbonyl (C=O) groups is 2. The van der Waals surface area contributed by atoms with Crippen molar-refractivity contribution in [3.8, 4) is 0 Å². The number of amides is 2. The molecular weight excluding hydrogens is 292 g/mol. The smallest absolute Gasteiger partial charge is 0.338 e. The lowest BCUT2D eigenvalue weighted by molar-refractivity contribution is 0.0526. The Morgan fingerprint density at radius 1 is 1.04 bits per heavy atom. The predicted octanol–water partition coefficient (Wildman–Crippen LogP) is 3.75. The SMILES string of the molecule is CCOC(=O)c1ccc(NC(=O)N[C@H](C)c2ccccc2)cc1. The van der Waals surface area contributed by atoms with Crippen molar-refractivity contribution in [2.24, 2.45) is 0 Å². The third kappa shape index (κ3) is 4.85. The zero-order valence-corrected chi connectivity index (χ0v) is 13.2. The largest absolute Gasteiger partial charge is 0.462 e. The van der Waals surface area contributed by atoms with Gasteiger partial charge in [0.1, 0.15) is 0 Å². The van der Waals surface area contributed by atoms with Gasteiger partial charge in [-0.1, -0.05) is 30.3 Å². The van der Waals surface area contributed by atoms with Crippen LogP contribution >= 0.6 is 0 Å². The van der Waals surface area contributed by atoms with Gasteiger partial charge in [0.25, 0.3) is 0 Å². The van der Waals surface area contributed by atoms with Crippen molar-refractivity contribution in [1.82, 2.24) is 5.32 Å². The Labute approximate surface area is 135 Å². The van der Waals surface area contributed by atoms with E-state index < -0.39 is 0 Å². The molecule has 0 aliphatic rings. The molecule has 0 unspecified atom stereocenters. The Bertz CT molecular complexity index is 654. The van der Waals surface area contributed by atoms with Crippen molar-refractivity contribution in [2.75, 3.05) is 11.9 Å². The monoisotopic (exact) mass is 312 g/mol. The molecule has 0 spiro atoms. The van der Waals surface area contributed by atoms with Gasteiger partial charge in [-0.2, -0.15) is 0 Å². The van der Waals surface area contributed by atoms with Gasteiger partial charge in [0, 0.05) is 5.69 Å². The van der Waals surface area contributed by atoms with Gasteiger partial charge in [-0.25, -0.2) is 9.59 Å².